The topological polar surface area (TPSA) is 118 Å². The predicted molar refractivity (Wildman–Crippen MR) is 129 cm³/mol. The number of carbonyl (C=O) groups is 3. The molecule has 0 saturated carbocycles. The van der Waals surface area contributed by atoms with Crippen molar-refractivity contribution in [2.45, 2.75) is 13.1 Å². The fraction of sp³-hybridized carbons (Fsp3) is 0.111. The standard InChI is InChI=1S/C27H20N4O5/c1-35-26(33)24-11-10-20(36-24)16-31-25(32)22(29-27(31)34)12-19-15-30(23-9-5-4-8-21(19)23)14-18-7-3-2-6-17(18)13-28/h2-12,15H,14,16H2,1H3,(H,29,34). The molecule has 9 heteroatoms. The highest BCUT2D eigenvalue weighted by Crippen LogP contribution is 2.26. The number of aromatic nitrogens is 1. The molecule has 1 aliphatic heterocycles. The maximum Gasteiger partial charge on any atom is 0.373 e. The highest BCUT2D eigenvalue weighted by atomic mass is 16.5. The van der Waals surface area contributed by atoms with Gasteiger partial charge in [-0.2, -0.15) is 5.26 Å². The molecular weight excluding hydrogens is 460 g/mol. The first kappa shape index (κ1) is 22.7. The molecule has 9 nitrogen and oxygen atoms in total. The monoisotopic (exact) mass is 480 g/mol. The molecule has 1 fully saturated rings. The van der Waals surface area contributed by atoms with E-state index >= 15 is 0 Å². The van der Waals surface area contributed by atoms with Crippen LogP contribution >= 0.6 is 0 Å². The van der Waals surface area contributed by atoms with E-state index in [-0.39, 0.29) is 23.8 Å². The summed E-state index contributed by atoms with van der Waals surface area (Å²) < 4.78 is 12.0. The third kappa shape index (κ3) is 4.12. The SMILES string of the molecule is COC(=O)c1ccc(CN2C(=O)NC(=Cc3cn(Cc4ccccc4C#N)c4ccccc34)C2=O)o1. The maximum absolute atomic E-state index is 13.0. The Balaban J connectivity index is 1.44. The summed E-state index contributed by atoms with van der Waals surface area (Å²) in [5.74, 6) is -0.899. The number of hydrogen-bond donors (Lipinski definition) is 1. The lowest BCUT2D eigenvalue weighted by Gasteiger charge is -2.09. The highest BCUT2D eigenvalue weighted by Gasteiger charge is 2.34. The minimum atomic E-state index is -0.646. The van der Waals surface area contributed by atoms with E-state index in [1.54, 1.807) is 12.1 Å². The Morgan fingerprint density at radius 1 is 1.08 bits per heavy atom. The predicted octanol–water partition coefficient (Wildman–Crippen LogP) is 4.03. The van der Waals surface area contributed by atoms with E-state index in [2.05, 4.69) is 16.1 Å². The summed E-state index contributed by atoms with van der Waals surface area (Å²) in [6.45, 7) is 0.340. The van der Waals surface area contributed by atoms with Crippen molar-refractivity contribution in [1.29, 1.82) is 5.26 Å². The van der Waals surface area contributed by atoms with Crippen LogP contribution in [0.4, 0.5) is 4.79 Å². The quantitative estimate of drug-likeness (QED) is 0.253. The van der Waals surface area contributed by atoms with Gasteiger partial charge in [-0.05, 0) is 35.9 Å². The molecule has 3 amide bonds. The van der Waals surface area contributed by atoms with E-state index in [9.17, 15) is 19.6 Å². The van der Waals surface area contributed by atoms with Crippen LogP contribution in [0.1, 0.15) is 33.0 Å². The zero-order valence-corrected chi connectivity index (χ0v) is 19.2. The molecule has 2 aromatic carbocycles. The number of fused-ring (bicyclic) bond motifs is 1. The van der Waals surface area contributed by atoms with Gasteiger partial charge in [0, 0.05) is 29.2 Å². The fourth-order valence-electron chi connectivity index (χ4n) is 4.17. The van der Waals surface area contributed by atoms with Gasteiger partial charge in [-0.15, -0.1) is 0 Å². The van der Waals surface area contributed by atoms with Gasteiger partial charge < -0.3 is 19.0 Å². The number of furan rings is 1. The molecule has 5 rings (SSSR count). The zero-order valence-electron chi connectivity index (χ0n) is 19.2. The minimum absolute atomic E-state index is 0.0129. The first-order valence-electron chi connectivity index (χ1n) is 11.1. The van der Waals surface area contributed by atoms with E-state index in [1.807, 2.05) is 53.2 Å². The Bertz CT molecular complexity index is 1590. The van der Waals surface area contributed by atoms with Crippen LogP contribution in [0.25, 0.3) is 17.0 Å². The van der Waals surface area contributed by atoms with Crippen LogP contribution in [-0.4, -0.2) is 34.5 Å². The van der Waals surface area contributed by atoms with E-state index < -0.39 is 17.9 Å². The number of urea groups is 1. The number of nitrogens with zero attached hydrogens (tertiary/aromatic N) is 3. The Hall–Kier alpha value is -5.10. The molecule has 4 aromatic rings. The second-order valence-corrected chi connectivity index (χ2v) is 8.14. The van der Waals surface area contributed by atoms with E-state index in [1.165, 1.54) is 19.2 Å². The van der Waals surface area contributed by atoms with Crippen LogP contribution in [0.3, 0.4) is 0 Å². The smallest absolute Gasteiger partial charge is 0.373 e. The minimum Gasteiger partial charge on any atom is -0.463 e. The molecule has 178 valence electrons. The van der Waals surface area contributed by atoms with Gasteiger partial charge >= 0.3 is 12.0 Å². The average Bonchev–Trinajstić information content (AvgIpc) is 3.58. The lowest BCUT2D eigenvalue weighted by molar-refractivity contribution is -0.123. The van der Waals surface area contributed by atoms with Crippen LogP contribution in [-0.2, 0) is 22.6 Å². The van der Waals surface area contributed by atoms with E-state index in [4.69, 9.17) is 4.42 Å². The molecule has 3 heterocycles. The van der Waals surface area contributed by atoms with Crippen molar-refractivity contribution in [2.75, 3.05) is 7.11 Å². The first-order chi connectivity index (χ1) is 17.5. The van der Waals surface area contributed by atoms with Crippen molar-refractivity contribution in [3.8, 4) is 6.07 Å². The van der Waals surface area contributed by atoms with Gasteiger partial charge in [-0.1, -0.05) is 36.4 Å². The van der Waals surface area contributed by atoms with Gasteiger partial charge in [0.15, 0.2) is 0 Å². The molecule has 0 radical (unpaired) electrons. The third-order valence-electron chi connectivity index (χ3n) is 5.92. The highest BCUT2D eigenvalue weighted by molar-refractivity contribution is 6.14. The number of hydrogen-bond acceptors (Lipinski definition) is 6. The Morgan fingerprint density at radius 2 is 1.86 bits per heavy atom. The number of rotatable bonds is 6. The summed E-state index contributed by atoms with van der Waals surface area (Å²) >= 11 is 0. The largest absolute Gasteiger partial charge is 0.463 e. The molecule has 0 atom stereocenters. The maximum atomic E-state index is 13.0. The second-order valence-electron chi connectivity index (χ2n) is 8.14. The summed E-state index contributed by atoms with van der Waals surface area (Å²) in [6.07, 6.45) is 3.53. The zero-order chi connectivity index (χ0) is 25.2. The number of benzene rings is 2. The number of nitrogens with one attached hydrogen (secondary N) is 1. The molecule has 36 heavy (non-hydrogen) atoms. The number of imide groups is 1. The molecule has 0 spiro atoms. The van der Waals surface area contributed by atoms with Crippen LogP contribution in [0, 0.1) is 11.3 Å². The van der Waals surface area contributed by atoms with Crippen molar-refractivity contribution in [3.05, 3.63) is 101 Å². The summed E-state index contributed by atoms with van der Waals surface area (Å²) in [5.41, 5.74) is 3.27. The average molecular weight is 480 g/mol. The number of esters is 1. The first-order valence-corrected chi connectivity index (χ1v) is 11.1. The number of para-hydroxylation sites is 1. The van der Waals surface area contributed by atoms with E-state index in [0.717, 1.165) is 26.9 Å². The molecular formula is C27H20N4O5. The second kappa shape index (κ2) is 9.27. The number of amides is 3. The number of methoxy groups -OCH3 is 1. The summed E-state index contributed by atoms with van der Waals surface area (Å²) in [5, 5.41) is 13.0. The summed E-state index contributed by atoms with van der Waals surface area (Å²) in [6, 6.07) is 19.7. The molecule has 0 aliphatic carbocycles. The Kier molecular flexibility index (Phi) is 5.84. The number of carbonyl (C=O) groups excluding carboxylic acids is 3. The molecule has 1 N–H and O–H groups in total. The van der Waals surface area contributed by atoms with Crippen molar-refractivity contribution >= 4 is 34.9 Å². The lowest BCUT2D eigenvalue weighted by atomic mass is 10.1. The molecule has 0 bridgehead atoms. The van der Waals surface area contributed by atoms with E-state index in [0.29, 0.717) is 12.1 Å². The van der Waals surface area contributed by atoms with Crippen molar-refractivity contribution in [1.82, 2.24) is 14.8 Å². The van der Waals surface area contributed by atoms with Crippen LogP contribution in [0.2, 0.25) is 0 Å². The van der Waals surface area contributed by atoms with Crippen LogP contribution in [0.5, 0.6) is 0 Å². The third-order valence-corrected chi connectivity index (χ3v) is 5.92. The van der Waals surface area contributed by atoms with Crippen molar-refractivity contribution in [2.24, 2.45) is 0 Å². The fourth-order valence-corrected chi connectivity index (χ4v) is 4.17. The Morgan fingerprint density at radius 3 is 2.67 bits per heavy atom. The van der Waals surface area contributed by atoms with Gasteiger partial charge in [-0.25, -0.2) is 9.59 Å². The van der Waals surface area contributed by atoms with Crippen LogP contribution < -0.4 is 5.32 Å². The van der Waals surface area contributed by atoms with Gasteiger partial charge in [0.1, 0.15) is 11.5 Å². The van der Waals surface area contributed by atoms with Gasteiger partial charge in [0.2, 0.25) is 5.76 Å². The van der Waals surface area contributed by atoms with Gasteiger partial charge in [-0.3, -0.25) is 9.69 Å². The molecule has 1 aliphatic rings. The number of ether oxygens (including phenoxy) is 1. The normalized spacial score (nSPS) is 14.3. The molecule has 1 saturated heterocycles. The van der Waals surface area contributed by atoms with Crippen molar-refractivity contribution in [3.63, 3.8) is 0 Å². The number of nitriles is 1. The van der Waals surface area contributed by atoms with Crippen LogP contribution in [0.15, 0.2) is 77.0 Å². The summed E-state index contributed by atoms with van der Waals surface area (Å²) in [7, 11) is 1.23. The Labute approximate surface area is 205 Å². The molecule has 0 unspecified atom stereocenters. The molecule has 2 aromatic heterocycles. The van der Waals surface area contributed by atoms with Gasteiger partial charge in [0.25, 0.3) is 5.91 Å². The van der Waals surface area contributed by atoms with Crippen molar-refractivity contribution < 1.29 is 23.5 Å². The van der Waals surface area contributed by atoms with Gasteiger partial charge in [0.05, 0.1) is 25.3 Å². The lowest BCUT2D eigenvalue weighted by Crippen LogP contribution is -2.30. The summed E-state index contributed by atoms with van der Waals surface area (Å²) in [4.78, 5) is 38.2.